The van der Waals surface area contributed by atoms with E-state index in [-0.39, 0.29) is 11.8 Å². The predicted molar refractivity (Wildman–Crippen MR) is 163 cm³/mol. The van der Waals surface area contributed by atoms with Crippen molar-refractivity contribution in [3.8, 4) is 0 Å². The van der Waals surface area contributed by atoms with Gasteiger partial charge in [-0.05, 0) is 35.4 Å². The fourth-order valence-electron chi connectivity index (χ4n) is 5.58. The lowest BCUT2D eigenvalue weighted by Gasteiger charge is -2.15. The topological polar surface area (TPSA) is 75.2 Å². The highest BCUT2D eigenvalue weighted by Crippen LogP contribution is 2.20. The Balaban J connectivity index is 0.835. The summed E-state index contributed by atoms with van der Waals surface area (Å²) in [6, 6.07) is 24.5. The van der Waals surface area contributed by atoms with Gasteiger partial charge in [0.1, 0.15) is 0 Å². The summed E-state index contributed by atoms with van der Waals surface area (Å²) >= 11 is 1.74. The number of thioether (sulfide) groups is 1. The highest BCUT2D eigenvalue weighted by molar-refractivity contribution is 7.99. The number of amides is 2. The van der Waals surface area contributed by atoms with Crippen LogP contribution in [0.15, 0.2) is 85.2 Å². The Morgan fingerprint density at radius 1 is 0.667 bits per heavy atom. The van der Waals surface area contributed by atoms with Crippen molar-refractivity contribution in [3.63, 3.8) is 0 Å². The van der Waals surface area contributed by atoms with Gasteiger partial charge in [-0.2, -0.15) is 20.9 Å². The zero-order chi connectivity index (χ0) is 28.7. The van der Waals surface area contributed by atoms with Gasteiger partial charge in [0.15, 0.2) is 36.9 Å². The van der Waals surface area contributed by atoms with Gasteiger partial charge in [-0.1, -0.05) is 24.3 Å². The first-order chi connectivity index (χ1) is 20.6. The van der Waals surface area contributed by atoms with Crippen LogP contribution in [0.2, 0.25) is 0 Å². The lowest BCUT2D eigenvalue weighted by atomic mass is 9.96. The molecule has 2 N–H and O–H groups in total. The van der Waals surface area contributed by atoms with Crippen LogP contribution in [0.1, 0.15) is 54.4 Å². The van der Waals surface area contributed by atoms with Crippen LogP contribution in [0.5, 0.6) is 0 Å². The molecule has 0 atom stereocenters. The van der Waals surface area contributed by atoms with Crippen LogP contribution in [0, 0.1) is 0 Å². The number of hydrogen-bond acceptors (Lipinski definition) is 4. The minimum atomic E-state index is -0.0688. The lowest BCUT2D eigenvalue weighted by molar-refractivity contribution is -0.697. The zero-order valence-electron chi connectivity index (χ0n) is 23.7. The average Bonchev–Trinajstić information content (AvgIpc) is 3.02. The van der Waals surface area contributed by atoms with Gasteiger partial charge in [-0.3, -0.25) is 9.59 Å². The fourth-order valence-corrected chi connectivity index (χ4v) is 6.27. The molecule has 2 aliphatic heterocycles. The summed E-state index contributed by atoms with van der Waals surface area (Å²) in [6.45, 7) is 3.85. The molecule has 2 aromatic heterocycles. The van der Waals surface area contributed by atoms with Gasteiger partial charge < -0.3 is 15.4 Å². The Hall–Kier alpha value is -4.01. The third kappa shape index (κ3) is 6.72. The Morgan fingerprint density at radius 3 is 1.83 bits per heavy atom. The smallest absolute Gasteiger partial charge is 0.251 e. The Morgan fingerprint density at radius 2 is 1.24 bits per heavy atom. The van der Waals surface area contributed by atoms with Crippen LogP contribution in [-0.2, 0) is 30.7 Å². The quantitative estimate of drug-likeness (QED) is 0.183. The number of pyridine rings is 2. The van der Waals surface area contributed by atoms with Crippen molar-refractivity contribution in [2.45, 2.75) is 25.9 Å². The highest BCUT2D eigenvalue weighted by atomic mass is 32.2. The molecule has 2 aliphatic rings. The Labute approximate surface area is 250 Å². The summed E-state index contributed by atoms with van der Waals surface area (Å²) in [4.78, 5) is 25.3. The van der Waals surface area contributed by atoms with Gasteiger partial charge in [0.05, 0.1) is 26.1 Å². The number of carbonyl (C=O) groups excluding carboxylic acids is 2. The first-order valence-electron chi connectivity index (χ1n) is 14.5. The van der Waals surface area contributed by atoms with Crippen molar-refractivity contribution < 1.29 is 23.5 Å². The molecule has 7 nitrogen and oxygen atoms in total. The molecule has 0 saturated heterocycles. The second-order valence-electron chi connectivity index (χ2n) is 10.7. The summed E-state index contributed by atoms with van der Waals surface area (Å²) in [5, 5.41) is 6.00. The number of nitrogens with zero attached hydrogens (tertiary/aromatic N) is 2. The standard InChI is InChI=1S/C34H34N4O3S/c39-33(25-7-9-27-23-37-13-3-1-5-31(37)21-29(27)19-25)35-11-15-41-16-18-42-17-12-36-34(40)26-8-10-28-24-38-14-4-2-6-32(38)22-30(28)20-26/h1-10,13-14,19-20H,11-12,15-18,21-24H2/p+2. The number of ether oxygens (including phenoxy) is 1. The molecule has 214 valence electrons. The molecule has 4 heterocycles. The van der Waals surface area contributed by atoms with E-state index in [1.807, 2.05) is 30.3 Å². The molecule has 2 amide bonds. The number of aromatic nitrogens is 2. The SMILES string of the molecule is O=C(NCCOCCSCCNC(=O)c1ccc2c(c1)Cc1cccc[n+]1C2)c1ccc2c(c1)Cc1cccc[n+]1C2. The van der Waals surface area contributed by atoms with Crippen LogP contribution < -0.4 is 19.8 Å². The first-order valence-corrected chi connectivity index (χ1v) is 15.7. The third-order valence-electron chi connectivity index (χ3n) is 7.87. The largest absolute Gasteiger partial charge is 0.379 e. The van der Waals surface area contributed by atoms with Gasteiger partial charge in [0.25, 0.3) is 11.8 Å². The predicted octanol–water partition coefficient (Wildman–Crippen LogP) is 3.08. The fraction of sp³-hybridized carbons (Fsp3) is 0.294. The van der Waals surface area contributed by atoms with Gasteiger partial charge in [0, 0.05) is 71.1 Å². The first kappa shape index (κ1) is 28.1. The number of hydrogen-bond donors (Lipinski definition) is 2. The summed E-state index contributed by atoms with van der Waals surface area (Å²) < 4.78 is 10.2. The molecule has 6 rings (SSSR count). The summed E-state index contributed by atoms with van der Waals surface area (Å²) in [7, 11) is 0. The van der Waals surface area contributed by atoms with Gasteiger partial charge in [-0.25, -0.2) is 0 Å². The Bertz CT molecular complexity index is 1490. The lowest BCUT2D eigenvalue weighted by Crippen LogP contribution is -2.42. The van der Waals surface area contributed by atoms with Crippen molar-refractivity contribution in [1.29, 1.82) is 0 Å². The molecular formula is C34H36N4O3S+2. The van der Waals surface area contributed by atoms with Crippen LogP contribution >= 0.6 is 11.8 Å². The second-order valence-corrected chi connectivity index (χ2v) is 11.9. The normalized spacial score (nSPS) is 12.9. The van der Waals surface area contributed by atoms with E-state index in [0.29, 0.717) is 37.4 Å². The van der Waals surface area contributed by atoms with Crippen LogP contribution in [-0.4, -0.2) is 49.6 Å². The van der Waals surface area contributed by atoms with E-state index in [1.165, 1.54) is 33.6 Å². The van der Waals surface area contributed by atoms with Crippen molar-refractivity contribution >= 4 is 23.6 Å². The number of fused-ring (bicyclic) bond motifs is 4. The molecular weight excluding hydrogens is 544 g/mol. The molecule has 0 fully saturated rings. The van der Waals surface area contributed by atoms with E-state index < -0.39 is 0 Å². The third-order valence-corrected chi connectivity index (χ3v) is 8.81. The monoisotopic (exact) mass is 580 g/mol. The molecule has 42 heavy (non-hydrogen) atoms. The minimum absolute atomic E-state index is 0.0282. The summed E-state index contributed by atoms with van der Waals surface area (Å²) in [5.41, 5.74) is 8.91. The second kappa shape index (κ2) is 13.3. The molecule has 0 spiro atoms. The summed E-state index contributed by atoms with van der Waals surface area (Å²) in [6.07, 6.45) is 5.89. The van der Waals surface area contributed by atoms with Gasteiger partial charge in [0.2, 0.25) is 0 Å². The van der Waals surface area contributed by atoms with Crippen molar-refractivity contribution in [2.24, 2.45) is 0 Å². The highest BCUT2D eigenvalue weighted by Gasteiger charge is 2.23. The maximum atomic E-state index is 12.7. The van der Waals surface area contributed by atoms with E-state index >= 15 is 0 Å². The van der Waals surface area contributed by atoms with Crippen molar-refractivity contribution in [2.75, 3.05) is 37.8 Å². The minimum Gasteiger partial charge on any atom is -0.379 e. The molecule has 0 saturated carbocycles. The van der Waals surface area contributed by atoms with Gasteiger partial charge >= 0.3 is 0 Å². The maximum absolute atomic E-state index is 12.7. The molecule has 0 bridgehead atoms. The number of benzene rings is 2. The molecule has 8 heteroatoms. The van der Waals surface area contributed by atoms with E-state index in [4.69, 9.17) is 4.74 Å². The number of nitrogens with one attached hydrogen (secondary N) is 2. The molecule has 0 aliphatic carbocycles. The summed E-state index contributed by atoms with van der Waals surface area (Å²) in [5.74, 6) is 1.56. The zero-order valence-corrected chi connectivity index (χ0v) is 24.5. The van der Waals surface area contributed by atoms with E-state index in [0.717, 1.165) is 37.4 Å². The molecule has 4 aromatic rings. The van der Waals surface area contributed by atoms with E-state index in [1.54, 1.807) is 11.8 Å². The van der Waals surface area contributed by atoms with Crippen molar-refractivity contribution in [1.82, 2.24) is 10.6 Å². The Kier molecular flexibility index (Phi) is 8.92. The maximum Gasteiger partial charge on any atom is 0.251 e. The molecule has 0 radical (unpaired) electrons. The number of rotatable bonds is 11. The van der Waals surface area contributed by atoms with Crippen LogP contribution in [0.3, 0.4) is 0 Å². The van der Waals surface area contributed by atoms with E-state index in [9.17, 15) is 9.59 Å². The molecule has 2 aromatic carbocycles. The van der Waals surface area contributed by atoms with Crippen LogP contribution in [0.4, 0.5) is 0 Å². The average molecular weight is 581 g/mol. The molecule has 0 unspecified atom stereocenters. The van der Waals surface area contributed by atoms with Gasteiger partial charge in [-0.15, -0.1) is 0 Å². The van der Waals surface area contributed by atoms with Crippen LogP contribution in [0.25, 0.3) is 0 Å². The van der Waals surface area contributed by atoms with Crippen molar-refractivity contribution in [3.05, 3.63) is 130 Å². The van der Waals surface area contributed by atoms with E-state index in [2.05, 4.69) is 74.6 Å². The number of carbonyl (C=O) groups is 2.